The van der Waals surface area contributed by atoms with Gasteiger partial charge in [0.15, 0.2) is 17.3 Å². The molecule has 0 radical (unpaired) electrons. The lowest BCUT2D eigenvalue weighted by Gasteiger charge is -2.11. The molecular weight excluding hydrogens is 348 g/mol. The summed E-state index contributed by atoms with van der Waals surface area (Å²) in [6, 6.07) is 10.0. The topological polar surface area (TPSA) is 71.1 Å². The van der Waals surface area contributed by atoms with Gasteiger partial charge in [0.25, 0.3) is 0 Å². The lowest BCUT2D eigenvalue weighted by Crippen LogP contribution is -2.03. The Kier molecular flexibility index (Phi) is 5.45. The maximum atomic E-state index is 12.6. The van der Waals surface area contributed by atoms with E-state index in [4.69, 9.17) is 14.2 Å². The van der Waals surface area contributed by atoms with Crippen LogP contribution in [0.2, 0.25) is 0 Å². The van der Waals surface area contributed by atoms with Crippen molar-refractivity contribution in [2.75, 3.05) is 20.3 Å². The van der Waals surface area contributed by atoms with Crippen LogP contribution in [0.15, 0.2) is 42.2 Å². The predicted molar refractivity (Wildman–Crippen MR) is 99.5 cm³/mol. The summed E-state index contributed by atoms with van der Waals surface area (Å²) < 4.78 is 21.5. The summed E-state index contributed by atoms with van der Waals surface area (Å²) in [6.45, 7) is 4.81. The fourth-order valence-corrected chi connectivity index (χ4v) is 2.74. The van der Waals surface area contributed by atoms with Crippen molar-refractivity contribution in [1.29, 1.82) is 0 Å². The van der Waals surface area contributed by atoms with Gasteiger partial charge in [-0.25, -0.2) is 4.79 Å². The van der Waals surface area contributed by atoms with Gasteiger partial charge in [-0.2, -0.15) is 0 Å². The van der Waals surface area contributed by atoms with Crippen molar-refractivity contribution in [3.8, 4) is 17.2 Å². The average molecular weight is 368 g/mol. The Bertz CT molecular complexity index is 913. The highest BCUT2D eigenvalue weighted by Crippen LogP contribution is 2.34. The number of esters is 1. The molecule has 0 fully saturated rings. The first-order chi connectivity index (χ1) is 13.1. The van der Waals surface area contributed by atoms with E-state index >= 15 is 0 Å². The van der Waals surface area contributed by atoms with Crippen LogP contribution in [-0.4, -0.2) is 32.1 Å². The highest BCUT2D eigenvalue weighted by atomic mass is 16.5. The number of ether oxygens (including phenoxy) is 4. The molecule has 1 aliphatic rings. The first-order valence-electron chi connectivity index (χ1n) is 8.63. The molecule has 0 atom stereocenters. The van der Waals surface area contributed by atoms with E-state index in [2.05, 4.69) is 4.74 Å². The molecule has 0 amide bonds. The second-order valence-corrected chi connectivity index (χ2v) is 5.71. The molecule has 27 heavy (non-hydrogen) atoms. The third-order valence-electron chi connectivity index (χ3n) is 3.95. The van der Waals surface area contributed by atoms with Gasteiger partial charge in [-0.3, -0.25) is 4.79 Å². The third-order valence-corrected chi connectivity index (χ3v) is 3.95. The van der Waals surface area contributed by atoms with E-state index in [-0.39, 0.29) is 11.5 Å². The Morgan fingerprint density at radius 2 is 1.78 bits per heavy atom. The summed E-state index contributed by atoms with van der Waals surface area (Å²) in [4.78, 5) is 24.3. The quantitative estimate of drug-likeness (QED) is 0.569. The molecule has 3 rings (SSSR count). The summed E-state index contributed by atoms with van der Waals surface area (Å²) >= 11 is 0. The molecule has 1 heterocycles. The smallest absolute Gasteiger partial charge is 0.337 e. The minimum Gasteiger partial charge on any atom is -0.490 e. The first-order valence-corrected chi connectivity index (χ1v) is 8.63. The van der Waals surface area contributed by atoms with E-state index in [1.807, 2.05) is 19.9 Å². The van der Waals surface area contributed by atoms with Crippen molar-refractivity contribution in [2.45, 2.75) is 13.8 Å². The van der Waals surface area contributed by atoms with Gasteiger partial charge in [0, 0.05) is 0 Å². The maximum absolute atomic E-state index is 12.6. The molecule has 0 N–H and O–H groups in total. The van der Waals surface area contributed by atoms with E-state index in [0.717, 1.165) is 5.56 Å². The number of Topliss-reactive ketones (excluding diaryl/α,β-unsaturated/α-hetero) is 1. The molecule has 6 nitrogen and oxygen atoms in total. The number of hydrogen-bond donors (Lipinski definition) is 0. The van der Waals surface area contributed by atoms with Crippen molar-refractivity contribution >= 4 is 17.8 Å². The molecule has 0 spiro atoms. The maximum Gasteiger partial charge on any atom is 0.337 e. The third kappa shape index (κ3) is 3.79. The SMILES string of the molecule is CCOc1ccc(C=C2Oc3ccc(C(=O)OC)cc3C2=O)cc1OCC. The Morgan fingerprint density at radius 1 is 1.04 bits per heavy atom. The number of fused-ring (bicyclic) bond motifs is 1. The van der Waals surface area contributed by atoms with Crippen molar-refractivity contribution in [2.24, 2.45) is 0 Å². The molecule has 6 heteroatoms. The van der Waals surface area contributed by atoms with E-state index in [0.29, 0.717) is 41.6 Å². The molecular formula is C21H20O6. The number of carbonyl (C=O) groups is 2. The van der Waals surface area contributed by atoms with Crippen LogP contribution in [-0.2, 0) is 4.74 Å². The van der Waals surface area contributed by atoms with Crippen LogP contribution in [0.4, 0.5) is 0 Å². The summed E-state index contributed by atoms with van der Waals surface area (Å²) in [5, 5.41) is 0. The molecule has 2 aromatic rings. The molecule has 0 saturated carbocycles. The normalized spacial score (nSPS) is 13.9. The lowest BCUT2D eigenvalue weighted by molar-refractivity contribution is 0.0600. The molecule has 0 unspecified atom stereocenters. The second-order valence-electron chi connectivity index (χ2n) is 5.71. The number of ketones is 1. The van der Waals surface area contributed by atoms with Gasteiger partial charge in [0.05, 0.1) is 31.5 Å². The fourth-order valence-electron chi connectivity index (χ4n) is 2.74. The minimum absolute atomic E-state index is 0.179. The first kappa shape index (κ1) is 18.5. The molecule has 0 saturated heterocycles. The Labute approximate surface area is 157 Å². The van der Waals surface area contributed by atoms with Crippen LogP contribution >= 0.6 is 0 Å². The molecule has 140 valence electrons. The van der Waals surface area contributed by atoms with Gasteiger partial charge in [-0.15, -0.1) is 0 Å². The van der Waals surface area contributed by atoms with E-state index in [9.17, 15) is 9.59 Å². The average Bonchev–Trinajstić information content (AvgIpc) is 2.98. The molecule has 0 aromatic heterocycles. The lowest BCUT2D eigenvalue weighted by atomic mass is 10.1. The number of rotatable bonds is 6. The van der Waals surface area contributed by atoms with Crippen LogP contribution < -0.4 is 14.2 Å². The van der Waals surface area contributed by atoms with Gasteiger partial charge in [-0.1, -0.05) is 6.07 Å². The molecule has 1 aliphatic heterocycles. The number of hydrogen-bond acceptors (Lipinski definition) is 6. The van der Waals surface area contributed by atoms with Crippen LogP contribution in [0.5, 0.6) is 17.2 Å². The Balaban J connectivity index is 1.91. The van der Waals surface area contributed by atoms with Gasteiger partial charge in [0.1, 0.15) is 5.75 Å². The second kappa shape index (κ2) is 7.95. The van der Waals surface area contributed by atoms with Crippen molar-refractivity contribution in [1.82, 2.24) is 0 Å². The summed E-state index contributed by atoms with van der Waals surface area (Å²) in [5.74, 6) is 1.04. The van der Waals surface area contributed by atoms with Crippen LogP contribution in [0, 0.1) is 0 Å². The zero-order valence-corrected chi connectivity index (χ0v) is 15.4. The van der Waals surface area contributed by atoms with Gasteiger partial charge in [0.2, 0.25) is 5.78 Å². The van der Waals surface area contributed by atoms with Gasteiger partial charge in [-0.05, 0) is 55.8 Å². The summed E-state index contributed by atoms with van der Waals surface area (Å²) in [6.07, 6.45) is 1.64. The van der Waals surface area contributed by atoms with Crippen molar-refractivity contribution in [3.63, 3.8) is 0 Å². The van der Waals surface area contributed by atoms with Crippen LogP contribution in [0.3, 0.4) is 0 Å². The fraction of sp³-hybridized carbons (Fsp3) is 0.238. The summed E-state index contributed by atoms with van der Waals surface area (Å²) in [7, 11) is 1.29. The minimum atomic E-state index is -0.504. The monoisotopic (exact) mass is 368 g/mol. The Hall–Kier alpha value is -3.28. The number of methoxy groups -OCH3 is 1. The molecule has 0 bridgehead atoms. The van der Waals surface area contributed by atoms with Crippen molar-refractivity contribution in [3.05, 3.63) is 58.8 Å². The van der Waals surface area contributed by atoms with Crippen LogP contribution in [0.1, 0.15) is 40.1 Å². The highest BCUT2D eigenvalue weighted by Gasteiger charge is 2.28. The largest absolute Gasteiger partial charge is 0.490 e. The van der Waals surface area contributed by atoms with E-state index < -0.39 is 5.97 Å². The predicted octanol–water partition coefficient (Wildman–Crippen LogP) is 3.89. The highest BCUT2D eigenvalue weighted by molar-refractivity contribution is 6.15. The Morgan fingerprint density at radius 3 is 2.48 bits per heavy atom. The molecule has 0 aliphatic carbocycles. The number of benzene rings is 2. The van der Waals surface area contributed by atoms with E-state index in [1.54, 1.807) is 30.3 Å². The standard InChI is InChI=1S/C21H20O6/c1-4-25-17-8-6-13(10-18(17)26-5-2)11-19-20(22)15-12-14(21(23)24-3)7-9-16(15)27-19/h6-12H,4-5H2,1-3H3. The van der Waals surface area contributed by atoms with Gasteiger partial charge < -0.3 is 18.9 Å². The number of carbonyl (C=O) groups excluding carboxylic acids is 2. The van der Waals surface area contributed by atoms with Gasteiger partial charge >= 0.3 is 5.97 Å². The zero-order chi connectivity index (χ0) is 19.4. The van der Waals surface area contributed by atoms with Crippen molar-refractivity contribution < 1.29 is 28.5 Å². The van der Waals surface area contributed by atoms with Crippen LogP contribution in [0.25, 0.3) is 6.08 Å². The zero-order valence-electron chi connectivity index (χ0n) is 15.4. The number of allylic oxidation sites excluding steroid dienone is 1. The molecule has 2 aromatic carbocycles. The summed E-state index contributed by atoms with van der Waals surface area (Å²) in [5.41, 5.74) is 1.38. The van der Waals surface area contributed by atoms with E-state index in [1.165, 1.54) is 13.2 Å².